The smallest absolute Gasteiger partial charge is 0.337 e. The number of carbonyl (C=O) groups excluding carboxylic acids is 2. The lowest BCUT2D eigenvalue weighted by atomic mass is 9.42. The quantitative estimate of drug-likeness (QED) is 0.159. The first-order chi connectivity index (χ1) is 21.7. The second kappa shape index (κ2) is 12.3. The van der Waals surface area contributed by atoms with Gasteiger partial charge in [0.1, 0.15) is 30.0 Å². The molecule has 3 fully saturated rings. The molecule has 1 heterocycles. The van der Waals surface area contributed by atoms with Crippen molar-refractivity contribution < 1.29 is 48.3 Å². The highest BCUT2D eigenvalue weighted by Gasteiger charge is 2.74. The number of hydroxylamine groups is 1. The van der Waals surface area contributed by atoms with Crippen LogP contribution in [0, 0.1) is 35.2 Å². The summed E-state index contributed by atoms with van der Waals surface area (Å²) in [7, 11) is 4.38. The van der Waals surface area contributed by atoms with Crippen LogP contribution in [0.2, 0.25) is 0 Å². The number of Topliss-reactive ketones (excluding diaryl/α,β-unsaturated/α-hetero) is 1. The van der Waals surface area contributed by atoms with E-state index in [1.165, 1.54) is 14.2 Å². The second-order valence-corrected chi connectivity index (χ2v) is 13.9. The molecule has 11 atom stereocenters. The van der Waals surface area contributed by atoms with E-state index in [0.717, 1.165) is 0 Å². The van der Waals surface area contributed by atoms with Gasteiger partial charge in [0.15, 0.2) is 11.9 Å². The van der Waals surface area contributed by atoms with Gasteiger partial charge in [-0.25, -0.2) is 4.79 Å². The largest absolute Gasteiger partial charge is 0.456 e. The molecule has 1 aliphatic heterocycles. The third-order valence-corrected chi connectivity index (χ3v) is 11.8. The van der Waals surface area contributed by atoms with Crippen LogP contribution in [0.1, 0.15) is 59.1 Å². The summed E-state index contributed by atoms with van der Waals surface area (Å²) in [6, 6.07) is 8.20. The van der Waals surface area contributed by atoms with E-state index in [2.05, 4.69) is 11.6 Å². The van der Waals surface area contributed by atoms with E-state index in [-0.39, 0.29) is 18.8 Å². The van der Waals surface area contributed by atoms with Crippen LogP contribution in [0.15, 0.2) is 41.5 Å². The van der Waals surface area contributed by atoms with Crippen LogP contribution in [-0.4, -0.2) is 91.6 Å². The summed E-state index contributed by atoms with van der Waals surface area (Å²) in [6.07, 6.45) is 3.29. The average molecular weight is 642 g/mol. The van der Waals surface area contributed by atoms with Crippen LogP contribution in [0.4, 0.5) is 0 Å². The third kappa shape index (κ3) is 4.84. The zero-order valence-electron chi connectivity index (χ0n) is 27.9. The third-order valence-electron chi connectivity index (χ3n) is 11.8. The molecule has 0 spiro atoms. The number of carbonyl (C=O) groups is 2. The van der Waals surface area contributed by atoms with Gasteiger partial charge in [-0.1, -0.05) is 57.5 Å². The molecule has 2 bridgehead atoms. The van der Waals surface area contributed by atoms with Crippen molar-refractivity contribution >= 4 is 11.8 Å². The molecule has 0 radical (unpaired) electrons. The maximum absolute atomic E-state index is 14.8. The summed E-state index contributed by atoms with van der Waals surface area (Å²) in [5, 5.41) is 25.1. The molecule has 0 aromatic heterocycles. The Balaban J connectivity index is 1.61. The lowest BCUT2D eigenvalue weighted by Gasteiger charge is -2.68. The van der Waals surface area contributed by atoms with Gasteiger partial charge in [0, 0.05) is 45.5 Å². The van der Waals surface area contributed by atoms with Crippen LogP contribution >= 0.6 is 0 Å². The Morgan fingerprint density at radius 3 is 2.35 bits per heavy atom. The number of hydrogen-bond acceptors (Lipinski definition) is 11. The molecule has 11 unspecified atom stereocenters. The molecular formula is C35H47NO10. The first-order valence-corrected chi connectivity index (χ1v) is 15.7. The number of hydrogen-bond donors (Lipinski definition) is 3. The van der Waals surface area contributed by atoms with Crippen LogP contribution in [-0.2, 0) is 38.1 Å². The minimum atomic E-state index is -1.58. The lowest BCUT2D eigenvalue weighted by Crippen LogP contribution is -2.79. The predicted molar refractivity (Wildman–Crippen MR) is 166 cm³/mol. The standard InChI is InChI=1S/C35H47NO10/c1-10-45-36-26(21-14-12-11-13-15-21)28(43-9)31(38)46-22-17-35(40)20(3)29-33(6,23(41-7)16-24-34(29,39)18-44-24)30(37)27(42-8)25(19(22)2)32(35,4)5/h1,11-15,20,22-24,26-29,36,39-40H,16-18H2,2-9H3. The van der Waals surface area contributed by atoms with Gasteiger partial charge in [0.2, 0.25) is 0 Å². The zero-order valence-corrected chi connectivity index (χ0v) is 27.9. The van der Waals surface area contributed by atoms with Crippen molar-refractivity contribution in [3.63, 3.8) is 0 Å². The summed E-state index contributed by atoms with van der Waals surface area (Å²) in [6.45, 7) is 9.26. The molecule has 1 aromatic carbocycles. The number of ketones is 1. The van der Waals surface area contributed by atoms with Crippen LogP contribution in [0.5, 0.6) is 0 Å². The van der Waals surface area contributed by atoms with E-state index in [9.17, 15) is 19.8 Å². The molecule has 1 saturated heterocycles. The average Bonchev–Trinajstić information content (AvgIpc) is 3.02. The summed E-state index contributed by atoms with van der Waals surface area (Å²) >= 11 is 0. The first-order valence-electron chi connectivity index (χ1n) is 15.7. The van der Waals surface area contributed by atoms with Gasteiger partial charge in [-0.2, -0.15) is 0 Å². The topological polar surface area (TPSA) is 142 Å². The van der Waals surface area contributed by atoms with Crippen LogP contribution < -0.4 is 5.48 Å². The van der Waals surface area contributed by atoms with Gasteiger partial charge in [-0.15, -0.1) is 5.48 Å². The minimum Gasteiger partial charge on any atom is -0.456 e. The molecule has 11 nitrogen and oxygen atoms in total. The highest BCUT2D eigenvalue weighted by molar-refractivity contribution is 5.93. The lowest BCUT2D eigenvalue weighted by molar-refractivity contribution is -0.337. The van der Waals surface area contributed by atoms with E-state index in [0.29, 0.717) is 23.1 Å². The van der Waals surface area contributed by atoms with Gasteiger partial charge >= 0.3 is 5.97 Å². The van der Waals surface area contributed by atoms with Crippen molar-refractivity contribution in [3.05, 3.63) is 47.0 Å². The number of benzene rings is 1. The molecule has 2 saturated carbocycles. The Bertz CT molecular complexity index is 1410. The Kier molecular flexibility index (Phi) is 9.25. The summed E-state index contributed by atoms with van der Waals surface area (Å²) < 4.78 is 29.6. The fourth-order valence-electron chi connectivity index (χ4n) is 9.26. The second-order valence-electron chi connectivity index (χ2n) is 13.9. The normalized spacial score (nSPS) is 39.4. The fourth-order valence-corrected chi connectivity index (χ4v) is 9.26. The monoisotopic (exact) mass is 641 g/mol. The maximum Gasteiger partial charge on any atom is 0.337 e. The molecule has 11 heteroatoms. The Morgan fingerprint density at radius 1 is 1.13 bits per heavy atom. The van der Waals surface area contributed by atoms with Gasteiger partial charge in [0.05, 0.1) is 29.8 Å². The Morgan fingerprint density at radius 2 is 1.80 bits per heavy atom. The van der Waals surface area contributed by atoms with Crippen molar-refractivity contribution in [3.8, 4) is 12.5 Å². The molecule has 252 valence electrons. The van der Waals surface area contributed by atoms with Crippen LogP contribution in [0.3, 0.4) is 0 Å². The number of fused-ring (bicyclic) bond motifs is 5. The van der Waals surface area contributed by atoms with E-state index in [1.807, 2.05) is 33.8 Å². The number of esters is 1. The highest BCUT2D eigenvalue weighted by atomic mass is 16.6. The van der Waals surface area contributed by atoms with Gasteiger partial charge in [0.25, 0.3) is 0 Å². The number of methoxy groups -OCH3 is 3. The molecular weight excluding hydrogens is 594 g/mol. The van der Waals surface area contributed by atoms with Crippen molar-refractivity contribution in [2.24, 2.45) is 22.7 Å². The van der Waals surface area contributed by atoms with E-state index in [1.54, 1.807) is 38.3 Å². The van der Waals surface area contributed by atoms with Gasteiger partial charge in [-0.05, 0) is 36.5 Å². The van der Waals surface area contributed by atoms with E-state index < -0.39 is 76.4 Å². The molecule has 4 aliphatic rings. The molecule has 0 amide bonds. The fraction of sp³-hybridized carbons (Fsp3) is 0.657. The SMILES string of the molecule is C#CONC(c1ccccc1)C(OC)C(=O)OC1CC2(O)C(C)C3C4(O)COC4CC(OC)C3(C)C(=O)C(OC)C(=C1C)C2(C)C. The Hall–Kier alpha value is -2.82. The summed E-state index contributed by atoms with van der Waals surface area (Å²) in [5.74, 6) is -2.42. The zero-order chi connectivity index (χ0) is 33.8. The first kappa shape index (κ1) is 34.5. The van der Waals surface area contributed by atoms with Gasteiger partial charge < -0.3 is 38.7 Å². The van der Waals surface area contributed by atoms with Crippen LogP contribution in [0.25, 0.3) is 0 Å². The maximum atomic E-state index is 14.8. The van der Waals surface area contributed by atoms with E-state index in [4.69, 9.17) is 34.9 Å². The van der Waals surface area contributed by atoms with Crippen molar-refractivity contribution in [2.75, 3.05) is 27.9 Å². The molecule has 46 heavy (non-hydrogen) atoms. The molecule has 3 aliphatic carbocycles. The summed E-state index contributed by atoms with van der Waals surface area (Å²) in [5.41, 5.74) is -0.703. The molecule has 5 rings (SSSR count). The summed E-state index contributed by atoms with van der Waals surface area (Å²) in [4.78, 5) is 33.8. The molecule has 3 N–H and O–H groups in total. The predicted octanol–water partition coefficient (Wildman–Crippen LogP) is 2.65. The molecule has 1 aromatic rings. The van der Waals surface area contributed by atoms with Crippen molar-refractivity contribution in [1.29, 1.82) is 0 Å². The van der Waals surface area contributed by atoms with Crippen molar-refractivity contribution in [1.82, 2.24) is 5.48 Å². The van der Waals surface area contributed by atoms with E-state index >= 15 is 0 Å². The highest BCUT2D eigenvalue weighted by Crippen LogP contribution is 2.65. The number of ether oxygens (including phenoxy) is 5. The number of terminal acetylenes is 1. The Labute approximate surface area is 270 Å². The number of rotatable bonds is 9. The minimum absolute atomic E-state index is 0.000576. The van der Waals surface area contributed by atoms with Gasteiger partial charge in [-0.3, -0.25) is 4.79 Å². The van der Waals surface area contributed by atoms with Crippen molar-refractivity contribution in [2.45, 2.75) is 95.2 Å². The number of aliphatic hydroxyl groups is 2. The number of nitrogens with one attached hydrogen (secondary N) is 1.